The van der Waals surface area contributed by atoms with Gasteiger partial charge in [-0.2, -0.15) is 0 Å². The fourth-order valence-electron chi connectivity index (χ4n) is 2.48. The molecule has 0 spiro atoms. The number of aromatic amines is 1. The normalized spacial score (nSPS) is 11.4. The highest BCUT2D eigenvalue weighted by Gasteiger charge is 2.09. The Morgan fingerprint density at radius 1 is 1.25 bits per heavy atom. The van der Waals surface area contributed by atoms with Gasteiger partial charge in [0, 0.05) is 18.1 Å². The summed E-state index contributed by atoms with van der Waals surface area (Å²) < 4.78 is 3.79. The van der Waals surface area contributed by atoms with Crippen molar-refractivity contribution >= 4 is 16.6 Å². The van der Waals surface area contributed by atoms with E-state index in [1.165, 1.54) is 0 Å². The molecule has 0 unspecified atom stereocenters. The molecule has 0 aliphatic carbocycles. The standard InChI is InChI=1S/C14H11N5O/c1-9-16-7-13-14(20)17-11-3-2-10(6-12(11)19(9)13)18-5-4-15-8-18/h2-8H,1H3,(H,17,20). The molecule has 98 valence electrons. The van der Waals surface area contributed by atoms with Gasteiger partial charge in [0.1, 0.15) is 11.3 Å². The Labute approximate surface area is 113 Å². The summed E-state index contributed by atoms with van der Waals surface area (Å²) in [5.74, 6) is 0.791. The van der Waals surface area contributed by atoms with E-state index in [1.807, 2.05) is 40.3 Å². The molecule has 3 heterocycles. The van der Waals surface area contributed by atoms with E-state index in [1.54, 1.807) is 18.7 Å². The molecule has 20 heavy (non-hydrogen) atoms. The van der Waals surface area contributed by atoms with Crippen molar-refractivity contribution in [2.24, 2.45) is 0 Å². The minimum absolute atomic E-state index is 0.131. The van der Waals surface area contributed by atoms with Crippen molar-refractivity contribution in [3.63, 3.8) is 0 Å². The fraction of sp³-hybridized carbons (Fsp3) is 0.0714. The van der Waals surface area contributed by atoms with Crippen LogP contribution < -0.4 is 5.56 Å². The summed E-state index contributed by atoms with van der Waals surface area (Å²) in [6.45, 7) is 1.88. The highest BCUT2D eigenvalue weighted by Crippen LogP contribution is 2.18. The van der Waals surface area contributed by atoms with Crippen molar-refractivity contribution in [2.45, 2.75) is 6.92 Å². The van der Waals surface area contributed by atoms with E-state index in [2.05, 4.69) is 15.0 Å². The summed E-state index contributed by atoms with van der Waals surface area (Å²) in [4.78, 5) is 23.1. The molecule has 0 amide bonds. The van der Waals surface area contributed by atoms with E-state index >= 15 is 0 Å². The molecule has 0 saturated carbocycles. The van der Waals surface area contributed by atoms with Crippen LogP contribution in [-0.4, -0.2) is 23.9 Å². The largest absolute Gasteiger partial charge is 0.319 e. The number of H-pyrrole nitrogens is 1. The van der Waals surface area contributed by atoms with Crippen molar-refractivity contribution < 1.29 is 0 Å². The average molecular weight is 265 g/mol. The fourth-order valence-corrected chi connectivity index (χ4v) is 2.48. The molecule has 4 aromatic rings. The van der Waals surface area contributed by atoms with E-state index < -0.39 is 0 Å². The van der Waals surface area contributed by atoms with Crippen LogP contribution in [0.5, 0.6) is 0 Å². The minimum Gasteiger partial charge on any atom is -0.319 e. The minimum atomic E-state index is -0.131. The van der Waals surface area contributed by atoms with Crippen LogP contribution in [0.1, 0.15) is 5.82 Å². The van der Waals surface area contributed by atoms with Crippen LogP contribution in [0.2, 0.25) is 0 Å². The zero-order valence-electron chi connectivity index (χ0n) is 10.7. The molecule has 0 bridgehead atoms. The average Bonchev–Trinajstić information content (AvgIpc) is 3.09. The number of imidazole rings is 2. The van der Waals surface area contributed by atoms with Gasteiger partial charge in [-0.15, -0.1) is 0 Å². The molecule has 6 nitrogen and oxygen atoms in total. The van der Waals surface area contributed by atoms with Gasteiger partial charge in [-0.1, -0.05) is 0 Å². The third-order valence-electron chi connectivity index (χ3n) is 3.44. The number of benzene rings is 1. The monoisotopic (exact) mass is 265 g/mol. The van der Waals surface area contributed by atoms with Gasteiger partial charge in [0.25, 0.3) is 5.56 Å². The van der Waals surface area contributed by atoms with Crippen LogP contribution in [0.15, 0.2) is 47.9 Å². The second-order valence-corrected chi connectivity index (χ2v) is 4.65. The number of nitrogens with zero attached hydrogens (tertiary/aromatic N) is 4. The van der Waals surface area contributed by atoms with Gasteiger partial charge in [0.2, 0.25) is 0 Å². The maximum Gasteiger partial charge on any atom is 0.274 e. The molecule has 1 N–H and O–H groups in total. The lowest BCUT2D eigenvalue weighted by Gasteiger charge is -2.07. The maximum absolute atomic E-state index is 12.0. The van der Waals surface area contributed by atoms with Crippen LogP contribution in [0, 0.1) is 6.92 Å². The Hall–Kier alpha value is -2.89. The zero-order valence-corrected chi connectivity index (χ0v) is 10.7. The van der Waals surface area contributed by atoms with Gasteiger partial charge in [-0.3, -0.25) is 9.20 Å². The summed E-state index contributed by atoms with van der Waals surface area (Å²) in [7, 11) is 0. The number of nitrogens with one attached hydrogen (secondary N) is 1. The molecule has 4 rings (SSSR count). The topological polar surface area (TPSA) is 68.0 Å². The molecule has 6 heteroatoms. The van der Waals surface area contributed by atoms with E-state index in [0.29, 0.717) is 5.52 Å². The summed E-state index contributed by atoms with van der Waals surface area (Å²) in [6.07, 6.45) is 6.95. The van der Waals surface area contributed by atoms with Gasteiger partial charge in [-0.25, -0.2) is 9.97 Å². The molecule has 1 aromatic carbocycles. The van der Waals surface area contributed by atoms with Gasteiger partial charge >= 0.3 is 0 Å². The van der Waals surface area contributed by atoms with Crippen molar-refractivity contribution in [1.82, 2.24) is 23.9 Å². The molecule has 3 aromatic heterocycles. The highest BCUT2D eigenvalue weighted by molar-refractivity contribution is 5.80. The number of hydrogen-bond acceptors (Lipinski definition) is 3. The first kappa shape index (κ1) is 11.0. The second kappa shape index (κ2) is 3.80. The number of aryl methyl sites for hydroxylation is 1. The third kappa shape index (κ3) is 1.41. The molecule has 0 atom stereocenters. The third-order valence-corrected chi connectivity index (χ3v) is 3.44. The predicted molar refractivity (Wildman–Crippen MR) is 75.2 cm³/mol. The lowest BCUT2D eigenvalue weighted by molar-refractivity contribution is 1.04. The van der Waals surface area contributed by atoms with Crippen molar-refractivity contribution in [3.8, 4) is 5.69 Å². The summed E-state index contributed by atoms with van der Waals surface area (Å²) in [5.41, 5.74) is 3.11. The van der Waals surface area contributed by atoms with Crippen LogP contribution >= 0.6 is 0 Å². The van der Waals surface area contributed by atoms with E-state index in [-0.39, 0.29) is 5.56 Å². The SMILES string of the molecule is Cc1ncc2c(=O)[nH]c3ccc(-n4ccnc4)cc3n12. The predicted octanol–water partition coefficient (Wildman–Crippen LogP) is 1.67. The molecule has 0 aliphatic heterocycles. The molecule has 0 fully saturated rings. The van der Waals surface area contributed by atoms with Crippen LogP contribution in [0.3, 0.4) is 0 Å². The molecule has 0 aliphatic rings. The second-order valence-electron chi connectivity index (χ2n) is 4.65. The zero-order chi connectivity index (χ0) is 13.7. The maximum atomic E-state index is 12.0. The van der Waals surface area contributed by atoms with Crippen molar-refractivity contribution in [1.29, 1.82) is 0 Å². The number of rotatable bonds is 1. The summed E-state index contributed by atoms with van der Waals surface area (Å²) in [6, 6.07) is 5.84. The smallest absolute Gasteiger partial charge is 0.274 e. The van der Waals surface area contributed by atoms with Gasteiger partial charge in [-0.05, 0) is 25.1 Å². The highest BCUT2D eigenvalue weighted by atomic mass is 16.1. The summed E-state index contributed by atoms with van der Waals surface area (Å²) >= 11 is 0. The number of aromatic nitrogens is 5. The van der Waals surface area contributed by atoms with Gasteiger partial charge < -0.3 is 9.55 Å². The molecular formula is C14H11N5O. The van der Waals surface area contributed by atoms with E-state index in [4.69, 9.17) is 0 Å². The first-order valence-electron chi connectivity index (χ1n) is 6.22. The summed E-state index contributed by atoms with van der Waals surface area (Å²) in [5, 5.41) is 0. The number of hydrogen-bond donors (Lipinski definition) is 1. The first-order valence-corrected chi connectivity index (χ1v) is 6.22. The van der Waals surface area contributed by atoms with Crippen LogP contribution in [0.4, 0.5) is 0 Å². The Bertz CT molecular complexity index is 978. The van der Waals surface area contributed by atoms with Gasteiger partial charge in [0.15, 0.2) is 0 Å². The lowest BCUT2D eigenvalue weighted by Crippen LogP contribution is -2.10. The number of fused-ring (bicyclic) bond motifs is 3. The molecule has 0 saturated heterocycles. The Kier molecular flexibility index (Phi) is 2.09. The van der Waals surface area contributed by atoms with E-state index in [0.717, 1.165) is 22.5 Å². The van der Waals surface area contributed by atoms with Crippen molar-refractivity contribution in [2.75, 3.05) is 0 Å². The first-order chi connectivity index (χ1) is 9.74. The molecule has 0 radical (unpaired) electrons. The quantitative estimate of drug-likeness (QED) is 0.569. The van der Waals surface area contributed by atoms with Crippen molar-refractivity contribution in [3.05, 3.63) is 59.3 Å². The lowest BCUT2D eigenvalue weighted by atomic mass is 10.2. The Morgan fingerprint density at radius 3 is 2.95 bits per heavy atom. The molecular weight excluding hydrogens is 254 g/mol. The van der Waals surface area contributed by atoms with Crippen LogP contribution in [-0.2, 0) is 0 Å². The van der Waals surface area contributed by atoms with Gasteiger partial charge in [0.05, 0.1) is 23.6 Å². The van der Waals surface area contributed by atoms with Crippen LogP contribution in [0.25, 0.3) is 22.2 Å². The Balaban J connectivity index is 2.16. The van der Waals surface area contributed by atoms with E-state index in [9.17, 15) is 4.79 Å². The Morgan fingerprint density at radius 2 is 2.15 bits per heavy atom.